The van der Waals surface area contributed by atoms with Gasteiger partial charge in [0.2, 0.25) is 0 Å². The standard InChI is InChI=1S/C11H20O2.Mn/c1-10(2,3)8(12)7-9(13)11(4,5)6;/h7,12H,1-6H3;/b8-7-;. The van der Waals surface area contributed by atoms with Crippen LogP contribution in [0.3, 0.4) is 0 Å². The Labute approximate surface area is 97.3 Å². The summed E-state index contributed by atoms with van der Waals surface area (Å²) in [4.78, 5) is 11.5. The molecule has 0 aromatic heterocycles. The summed E-state index contributed by atoms with van der Waals surface area (Å²) in [6.45, 7) is 11.1. The molecule has 0 fully saturated rings. The van der Waals surface area contributed by atoms with Crippen molar-refractivity contribution in [1.29, 1.82) is 0 Å². The van der Waals surface area contributed by atoms with Crippen molar-refractivity contribution >= 4 is 5.78 Å². The largest absolute Gasteiger partial charge is 0.512 e. The van der Waals surface area contributed by atoms with Crippen LogP contribution in [0.2, 0.25) is 0 Å². The van der Waals surface area contributed by atoms with Gasteiger partial charge in [0.25, 0.3) is 0 Å². The van der Waals surface area contributed by atoms with Crippen LogP contribution in [0.4, 0.5) is 0 Å². The molecule has 0 saturated heterocycles. The van der Waals surface area contributed by atoms with Gasteiger partial charge >= 0.3 is 0 Å². The van der Waals surface area contributed by atoms with Crippen molar-refractivity contribution in [2.45, 2.75) is 41.5 Å². The van der Waals surface area contributed by atoms with Gasteiger partial charge in [0, 0.05) is 34.0 Å². The molecular weight excluding hydrogens is 219 g/mol. The molecule has 1 radical (unpaired) electrons. The van der Waals surface area contributed by atoms with E-state index in [0.717, 1.165) is 0 Å². The minimum atomic E-state index is -0.417. The first-order chi connectivity index (χ1) is 5.55. The number of carbonyl (C=O) groups is 1. The number of hydrogen-bond acceptors (Lipinski definition) is 2. The average Bonchev–Trinajstić information content (AvgIpc) is 1.82. The molecule has 0 unspecified atom stereocenters. The molecule has 83 valence electrons. The van der Waals surface area contributed by atoms with Crippen LogP contribution in [-0.2, 0) is 21.9 Å². The van der Waals surface area contributed by atoms with Crippen LogP contribution in [0.25, 0.3) is 0 Å². The van der Waals surface area contributed by atoms with Crippen molar-refractivity contribution in [3.63, 3.8) is 0 Å². The van der Waals surface area contributed by atoms with Gasteiger partial charge in [-0.3, -0.25) is 4.79 Å². The SMILES string of the molecule is CC(C)(C)C(=O)/C=C(\O)C(C)(C)C.[Mn]. The zero-order valence-corrected chi connectivity index (χ0v) is 11.0. The van der Waals surface area contributed by atoms with Crippen LogP contribution in [0.15, 0.2) is 11.8 Å². The van der Waals surface area contributed by atoms with Gasteiger partial charge < -0.3 is 5.11 Å². The van der Waals surface area contributed by atoms with E-state index in [1.165, 1.54) is 6.08 Å². The zero-order valence-electron chi connectivity index (χ0n) is 9.81. The van der Waals surface area contributed by atoms with Crippen LogP contribution >= 0.6 is 0 Å². The predicted molar refractivity (Wildman–Crippen MR) is 54.6 cm³/mol. The maximum Gasteiger partial charge on any atom is 0.164 e. The molecule has 0 amide bonds. The number of aliphatic hydroxyl groups excluding tert-OH is 1. The Hall–Kier alpha value is -0.271. The minimum absolute atomic E-state index is 0. The van der Waals surface area contributed by atoms with Gasteiger partial charge in [0.15, 0.2) is 5.78 Å². The van der Waals surface area contributed by atoms with Crippen LogP contribution in [0, 0.1) is 10.8 Å². The van der Waals surface area contributed by atoms with Gasteiger partial charge in [-0.25, -0.2) is 0 Å². The van der Waals surface area contributed by atoms with Gasteiger partial charge in [0.05, 0.1) is 0 Å². The summed E-state index contributed by atoms with van der Waals surface area (Å²) in [5.74, 6) is 0.104. The monoisotopic (exact) mass is 239 g/mol. The fraction of sp³-hybridized carbons (Fsp3) is 0.727. The van der Waals surface area contributed by atoms with Crippen LogP contribution in [0.5, 0.6) is 0 Å². The Morgan fingerprint density at radius 3 is 1.57 bits per heavy atom. The number of carbonyl (C=O) groups excluding carboxylic acids is 1. The van der Waals surface area contributed by atoms with Crippen molar-refractivity contribution in [3.05, 3.63) is 11.8 Å². The molecule has 1 N–H and O–H groups in total. The van der Waals surface area contributed by atoms with E-state index in [1.54, 1.807) is 0 Å². The molecule has 3 heteroatoms. The van der Waals surface area contributed by atoms with Crippen LogP contribution < -0.4 is 0 Å². The molecule has 0 rings (SSSR count). The number of hydrogen-bond donors (Lipinski definition) is 1. The van der Waals surface area contributed by atoms with E-state index >= 15 is 0 Å². The maximum absolute atomic E-state index is 11.5. The number of aliphatic hydroxyl groups is 1. The quantitative estimate of drug-likeness (QED) is 0.433. The third-order valence-corrected chi connectivity index (χ3v) is 1.78. The average molecular weight is 239 g/mol. The normalized spacial score (nSPS) is 13.4. The molecule has 0 spiro atoms. The Morgan fingerprint density at radius 2 is 1.36 bits per heavy atom. The topological polar surface area (TPSA) is 37.3 Å². The van der Waals surface area contributed by atoms with Gasteiger partial charge in [0.1, 0.15) is 5.76 Å². The van der Waals surface area contributed by atoms with Gasteiger partial charge in [-0.15, -0.1) is 0 Å². The van der Waals surface area contributed by atoms with E-state index in [1.807, 2.05) is 41.5 Å². The summed E-state index contributed by atoms with van der Waals surface area (Å²) in [5, 5.41) is 9.56. The molecule has 0 aromatic carbocycles. The molecule has 0 aliphatic rings. The second kappa shape index (κ2) is 4.99. The molecular formula is C11H20MnO2. The van der Waals surface area contributed by atoms with Gasteiger partial charge in [-0.2, -0.15) is 0 Å². The predicted octanol–water partition coefficient (Wildman–Crippen LogP) is 3.09. The van der Waals surface area contributed by atoms with Gasteiger partial charge in [-0.1, -0.05) is 41.5 Å². The third-order valence-electron chi connectivity index (χ3n) is 1.78. The van der Waals surface area contributed by atoms with E-state index in [9.17, 15) is 9.90 Å². The Kier molecular flexibility index (Phi) is 5.77. The number of rotatable bonds is 1. The first-order valence-electron chi connectivity index (χ1n) is 4.51. The first-order valence-corrected chi connectivity index (χ1v) is 4.51. The minimum Gasteiger partial charge on any atom is -0.512 e. The molecule has 0 aromatic rings. The molecule has 0 heterocycles. The Bertz CT molecular complexity index is 229. The fourth-order valence-electron chi connectivity index (χ4n) is 0.557. The van der Waals surface area contributed by atoms with Crippen molar-refractivity contribution in [2.75, 3.05) is 0 Å². The summed E-state index contributed by atoms with van der Waals surface area (Å²) >= 11 is 0. The zero-order chi connectivity index (χ0) is 10.9. The van der Waals surface area contributed by atoms with Crippen molar-refractivity contribution in [1.82, 2.24) is 0 Å². The number of ketones is 1. The second-order valence-electron chi connectivity index (χ2n) is 5.39. The van der Waals surface area contributed by atoms with E-state index in [0.29, 0.717) is 0 Å². The number of allylic oxidation sites excluding steroid dienone is 2. The van der Waals surface area contributed by atoms with E-state index < -0.39 is 5.41 Å². The van der Waals surface area contributed by atoms with Crippen LogP contribution in [0.1, 0.15) is 41.5 Å². The summed E-state index contributed by atoms with van der Waals surface area (Å²) < 4.78 is 0. The van der Waals surface area contributed by atoms with Crippen molar-refractivity contribution in [3.8, 4) is 0 Å². The summed E-state index contributed by atoms with van der Waals surface area (Å²) in [6.07, 6.45) is 1.33. The first kappa shape index (κ1) is 16.2. The second-order valence-corrected chi connectivity index (χ2v) is 5.39. The van der Waals surface area contributed by atoms with Gasteiger partial charge in [-0.05, 0) is 0 Å². The molecule has 0 saturated carbocycles. The summed E-state index contributed by atoms with van der Waals surface area (Å²) in [7, 11) is 0. The maximum atomic E-state index is 11.5. The van der Waals surface area contributed by atoms with Crippen molar-refractivity contribution < 1.29 is 27.0 Å². The van der Waals surface area contributed by atoms with E-state index in [-0.39, 0.29) is 34.0 Å². The summed E-state index contributed by atoms with van der Waals surface area (Å²) in [5.41, 5.74) is -0.764. The summed E-state index contributed by atoms with van der Waals surface area (Å²) in [6, 6.07) is 0. The fourth-order valence-corrected chi connectivity index (χ4v) is 0.557. The van der Waals surface area contributed by atoms with E-state index in [4.69, 9.17) is 0 Å². The smallest absolute Gasteiger partial charge is 0.164 e. The third kappa shape index (κ3) is 5.46. The molecule has 14 heavy (non-hydrogen) atoms. The molecule has 2 nitrogen and oxygen atoms in total. The van der Waals surface area contributed by atoms with Crippen molar-refractivity contribution in [2.24, 2.45) is 10.8 Å². The van der Waals surface area contributed by atoms with Crippen LogP contribution in [-0.4, -0.2) is 10.9 Å². The van der Waals surface area contributed by atoms with E-state index in [2.05, 4.69) is 0 Å². The Morgan fingerprint density at radius 1 is 1.00 bits per heavy atom. The molecule has 0 aliphatic heterocycles. The molecule has 0 atom stereocenters. The Balaban J connectivity index is 0. The molecule has 0 bridgehead atoms. The molecule has 0 aliphatic carbocycles.